The monoisotopic (exact) mass is 329 g/mol. The highest BCUT2D eigenvalue weighted by molar-refractivity contribution is 5.88. The Bertz CT molecular complexity index is 593. The van der Waals surface area contributed by atoms with Crippen molar-refractivity contribution in [2.45, 2.75) is 44.1 Å². The maximum Gasteiger partial charge on any atom is 0.333 e. The smallest absolute Gasteiger partial charge is 0.333 e. The molecule has 7 heteroatoms. The molecule has 23 heavy (non-hydrogen) atoms. The molecule has 1 aromatic carbocycles. The Morgan fingerprint density at radius 2 is 1.74 bits per heavy atom. The molecule has 0 spiro atoms. The topological polar surface area (TPSA) is 66.4 Å². The number of carboxylic acids is 1. The molecule has 4 nitrogen and oxygen atoms in total. The van der Waals surface area contributed by atoms with Crippen LogP contribution in [0.5, 0.6) is 0 Å². The lowest BCUT2D eigenvalue weighted by Gasteiger charge is -2.32. The maximum atomic E-state index is 13.1. The summed E-state index contributed by atoms with van der Waals surface area (Å²) in [7, 11) is 0. The van der Waals surface area contributed by atoms with Crippen molar-refractivity contribution in [2.24, 2.45) is 5.92 Å². The average molecular weight is 329 g/mol. The lowest BCUT2D eigenvalue weighted by molar-refractivity contribution is -0.149. The van der Waals surface area contributed by atoms with Gasteiger partial charge in [-0.05, 0) is 37.5 Å². The summed E-state index contributed by atoms with van der Waals surface area (Å²) in [5, 5.41) is 11.9. The van der Waals surface area contributed by atoms with Crippen LogP contribution >= 0.6 is 0 Å². The number of hydrogen-bond donors (Lipinski definition) is 2. The van der Waals surface area contributed by atoms with Gasteiger partial charge in [0.05, 0.1) is 0 Å². The summed E-state index contributed by atoms with van der Waals surface area (Å²) in [6.07, 6.45) is -0.743. The van der Waals surface area contributed by atoms with Gasteiger partial charge in [0.2, 0.25) is 11.8 Å². The molecule has 1 amide bonds. The third-order valence-corrected chi connectivity index (χ3v) is 4.31. The van der Waals surface area contributed by atoms with Crippen molar-refractivity contribution in [1.29, 1.82) is 0 Å². The molecule has 0 heterocycles. The molecule has 1 unspecified atom stereocenters. The first-order valence-corrected chi connectivity index (χ1v) is 7.33. The molecule has 1 saturated carbocycles. The maximum absolute atomic E-state index is 13.1. The Morgan fingerprint density at radius 3 is 2.22 bits per heavy atom. The van der Waals surface area contributed by atoms with Gasteiger partial charge in [0.25, 0.3) is 0 Å². The number of carboxylic acid groups (broad SMARTS) is 1. The number of nitrogens with one attached hydrogen (secondary N) is 1. The number of benzene rings is 1. The van der Waals surface area contributed by atoms with Crippen molar-refractivity contribution in [2.75, 3.05) is 0 Å². The Labute approximate surface area is 131 Å². The molecule has 0 radical (unpaired) electrons. The summed E-state index contributed by atoms with van der Waals surface area (Å²) < 4.78 is 39.3. The number of halogens is 3. The minimum atomic E-state index is -2.76. The largest absolute Gasteiger partial charge is 0.479 e. The van der Waals surface area contributed by atoms with Crippen molar-refractivity contribution in [3.8, 4) is 0 Å². The van der Waals surface area contributed by atoms with E-state index in [0.29, 0.717) is 0 Å². The van der Waals surface area contributed by atoms with Gasteiger partial charge >= 0.3 is 5.97 Å². The van der Waals surface area contributed by atoms with Gasteiger partial charge in [0.1, 0.15) is 5.82 Å². The predicted molar refractivity (Wildman–Crippen MR) is 76.4 cm³/mol. The van der Waals surface area contributed by atoms with Crippen LogP contribution in [0.15, 0.2) is 24.3 Å². The van der Waals surface area contributed by atoms with Crippen LogP contribution in [0, 0.1) is 11.7 Å². The molecule has 0 bridgehead atoms. The predicted octanol–water partition coefficient (Wildman–Crippen LogP) is 3.07. The van der Waals surface area contributed by atoms with Crippen LogP contribution in [-0.4, -0.2) is 22.9 Å². The molecular formula is C16H18F3NO3. The molecule has 1 aliphatic carbocycles. The zero-order valence-corrected chi connectivity index (χ0v) is 12.6. The molecule has 1 fully saturated rings. The van der Waals surface area contributed by atoms with E-state index in [1.165, 1.54) is 19.1 Å². The number of alkyl halides is 2. The zero-order chi connectivity index (χ0) is 17.3. The quantitative estimate of drug-likeness (QED) is 0.892. The molecule has 1 aromatic rings. The van der Waals surface area contributed by atoms with Gasteiger partial charge in [-0.15, -0.1) is 0 Å². The van der Waals surface area contributed by atoms with Crippen molar-refractivity contribution in [1.82, 2.24) is 5.32 Å². The van der Waals surface area contributed by atoms with Gasteiger partial charge in [-0.25, -0.2) is 18.0 Å². The van der Waals surface area contributed by atoms with Crippen LogP contribution in [0.2, 0.25) is 0 Å². The van der Waals surface area contributed by atoms with Crippen molar-refractivity contribution >= 4 is 11.9 Å². The molecular weight excluding hydrogens is 311 g/mol. The highest BCUT2D eigenvalue weighted by atomic mass is 19.3. The fraction of sp³-hybridized carbons (Fsp3) is 0.500. The molecule has 0 aliphatic heterocycles. The minimum Gasteiger partial charge on any atom is -0.479 e. The number of rotatable bonds is 4. The summed E-state index contributed by atoms with van der Waals surface area (Å²) in [5.74, 6) is -5.81. The van der Waals surface area contributed by atoms with Gasteiger partial charge in [-0.3, -0.25) is 4.79 Å². The van der Waals surface area contributed by atoms with E-state index in [4.69, 9.17) is 0 Å². The van der Waals surface area contributed by atoms with Crippen molar-refractivity contribution in [3.05, 3.63) is 35.6 Å². The van der Waals surface area contributed by atoms with Gasteiger partial charge in [0, 0.05) is 18.8 Å². The fourth-order valence-corrected chi connectivity index (χ4v) is 2.68. The third-order valence-electron chi connectivity index (χ3n) is 4.31. The van der Waals surface area contributed by atoms with Crippen molar-refractivity contribution in [3.63, 3.8) is 0 Å². The number of carbonyl (C=O) groups is 2. The Balaban J connectivity index is 2.15. The van der Waals surface area contributed by atoms with E-state index in [9.17, 15) is 27.9 Å². The van der Waals surface area contributed by atoms with E-state index >= 15 is 0 Å². The Hall–Kier alpha value is -2.05. The second-order valence-electron chi connectivity index (χ2n) is 6.06. The number of carbonyl (C=O) groups excluding carboxylic acids is 1. The number of hydrogen-bond acceptors (Lipinski definition) is 2. The SMILES string of the molecule is CC(NC(=O)C1CCC(F)(F)CC1)(C(=O)O)c1ccc(F)cc1. The van der Waals surface area contributed by atoms with E-state index in [0.717, 1.165) is 12.1 Å². The van der Waals surface area contributed by atoms with E-state index in [1.807, 2.05) is 0 Å². The second-order valence-corrected chi connectivity index (χ2v) is 6.06. The van der Waals surface area contributed by atoms with Crippen LogP contribution < -0.4 is 5.32 Å². The third kappa shape index (κ3) is 3.83. The van der Waals surface area contributed by atoms with E-state index in [1.54, 1.807) is 0 Å². The highest BCUT2D eigenvalue weighted by Gasteiger charge is 2.42. The Kier molecular flexibility index (Phi) is 4.68. The van der Waals surface area contributed by atoms with Gasteiger partial charge in [-0.1, -0.05) is 12.1 Å². The highest BCUT2D eigenvalue weighted by Crippen LogP contribution is 2.36. The molecule has 0 saturated heterocycles. The lowest BCUT2D eigenvalue weighted by atomic mass is 9.84. The van der Waals surface area contributed by atoms with Gasteiger partial charge < -0.3 is 10.4 Å². The van der Waals surface area contributed by atoms with Crippen LogP contribution in [0.3, 0.4) is 0 Å². The second kappa shape index (κ2) is 6.22. The van der Waals surface area contributed by atoms with Crippen LogP contribution in [0.25, 0.3) is 0 Å². The van der Waals surface area contributed by atoms with Gasteiger partial charge in [-0.2, -0.15) is 0 Å². The molecule has 1 atom stereocenters. The summed E-state index contributed by atoms with van der Waals surface area (Å²) >= 11 is 0. The Morgan fingerprint density at radius 1 is 1.22 bits per heavy atom. The van der Waals surface area contributed by atoms with Crippen LogP contribution in [0.1, 0.15) is 38.2 Å². The minimum absolute atomic E-state index is 0.0119. The molecule has 2 rings (SSSR count). The zero-order valence-electron chi connectivity index (χ0n) is 12.6. The fourth-order valence-electron chi connectivity index (χ4n) is 2.68. The summed E-state index contributed by atoms with van der Waals surface area (Å²) in [5.41, 5.74) is -1.54. The number of amides is 1. The van der Waals surface area contributed by atoms with E-state index < -0.39 is 35.1 Å². The molecule has 2 N–H and O–H groups in total. The van der Waals surface area contributed by atoms with E-state index in [2.05, 4.69) is 5.32 Å². The molecule has 126 valence electrons. The number of aliphatic carboxylic acids is 1. The first-order chi connectivity index (χ1) is 10.6. The first-order valence-electron chi connectivity index (χ1n) is 7.33. The lowest BCUT2D eigenvalue weighted by Crippen LogP contribution is -2.52. The molecule has 0 aromatic heterocycles. The molecule has 1 aliphatic rings. The summed E-state index contributed by atoms with van der Waals surface area (Å²) in [6, 6.07) is 4.76. The van der Waals surface area contributed by atoms with E-state index in [-0.39, 0.29) is 31.2 Å². The summed E-state index contributed by atoms with van der Waals surface area (Å²) in [4.78, 5) is 23.9. The normalized spacial score (nSPS) is 20.5. The van der Waals surface area contributed by atoms with Crippen LogP contribution in [0.4, 0.5) is 13.2 Å². The summed E-state index contributed by atoms with van der Waals surface area (Å²) in [6.45, 7) is 1.29. The first kappa shape index (κ1) is 17.3. The average Bonchev–Trinajstić information content (AvgIpc) is 2.47. The van der Waals surface area contributed by atoms with Crippen molar-refractivity contribution < 1.29 is 27.9 Å². The van der Waals surface area contributed by atoms with Gasteiger partial charge in [0.15, 0.2) is 5.54 Å². The standard InChI is InChI=1S/C16H18F3NO3/c1-15(14(22)23,11-2-4-12(17)5-3-11)20-13(21)10-6-8-16(18,19)9-7-10/h2-5,10H,6-9H2,1H3,(H,20,21)(H,22,23). The van der Waals surface area contributed by atoms with Crippen LogP contribution in [-0.2, 0) is 15.1 Å².